The fourth-order valence-electron chi connectivity index (χ4n) is 5.13. The van der Waals surface area contributed by atoms with Gasteiger partial charge >= 0.3 is 5.97 Å². The number of thiol groups is 1. The lowest BCUT2D eigenvalue weighted by Crippen LogP contribution is -2.61. The van der Waals surface area contributed by atoms with Crippen molar-refractivity contribution in [2.45, 2.75) is 75.3 Å². The number of unbranched alkanes of at least 4 members (excludes halogenated alkanes) is 1. The van der Waals surface area contributed by atoms with Crippen molar-refractivity contribution in [2.75, 3.05) is 12.3 Å². The Morgan fingerprint density at radius 2 is 1.47 bits per heavy atom. The van der Waals surface area contributed by atoms with Gasteiger partial charge in [0.15, 0.2) is 0 Å². The fraction of sp³-hybridized carbons (Fsp3) is 0.424. The third kappa shape index (κ3) is 11.5. The summed E-state index contributed by atoms with van der Waals surface area (Å²) in [5.74, 6) is -4.62. The smallest absolute Gasteiger partial charge is 0.327 e. The summed E-state index contributed by atoms with van der Waals surface area (Å²) in [6.45, 7) is 1.57. The van der Waals surface area contributed by atoms with Crippen molar-refractivity contribution in [2.24, 2.45) is 11.5 Å². The number of aromatic nitrogens is 1. The summed E-state index contributed by atoms with van der Waals surface area (Å²) in [5, 5.41) is 40.1. The zero-order valence-corrected chi connectivity index (χ0v) is 28.0. The summed E-state index contributed by atoms with van der Waals surface area (Å²) in [6.07, 6.45) is 1.48. The number of H-pyrrole nitrogens is 1. The van der Waals surface area contributed by atoms with Gasteiger partial charge in [-0.25, -0.2) is 4.79 Å². The van der Waals surface area contributed by atoms with Crippen LogP contribution in [-0.4, -0.2) is 98.5 Å². The largest absolute Gasteiger partial charge is 0.508 e. The van der Waals surface area contributed by atoms with Crippen LogP contribution < -0.4 is 32.7 Å². The Morgan fingerprint density at radius 1 is 0.837 bits per heavy atom. The highest BCUT2D eigenvalue weighted by Crippen LogP contribution is 2.20. The van der Waals surface area contributed by atoms with Crippen molar-refractivity contribution in [3.8, 4) is 5.75 Å². The second-order valence-electron chi connectivity index (χ2n) is 11.8. The second kappa shape index (κ2) is 18.8. The number of rotatable bonds is 19. The van der Waals surface area contributed by atoms with Crippen molar-refractivity contribution in [1.29, 1.82) is 0 Å². The molecule has 0 unspecified atom stereocenters. The number of benzene rings is 2. The molecule has 0 fully saturated rings. The van der Waals surface area contributed by atoms with E-state index in [4.69, 9.17) is 11.5 Å². The Labute approximate surface area is 289 Å². The molecule has 0 saturated carbocycles. The summed E-state index contributed by atoms with van der Waals surface area (Å²) in [7, 11) is 0. The molecule has 3 rings (SSSR count). The number of carbonyl (C=O) groups excluding carboxylic acids is 4. The standard InChI is InChI=1S/C33H45N7O8S/c1-18(41)28(32(46)39-27(17-49)33(47)48)40-30(44)25(8-4-5-13-34)37-31(45)26(15-20-16-36-24-7-3-2-6-22(20)24)38-29(43)23(35)14-19-9-11-21(42)12-10-19/h2-3,6-7,9-12,16,18,23,25-28,36,41-42,49H,4-5,8,13-15,17,34-35H2,1H3,(H,37,45)(H,38,43)(H,39,46)(H,40,44)(H,47,48)/t18-,23+,25+,26-,27+,28+/m1/s1. The van der Waals surface area contributed by atoms with Crippen LogP contribution in [0.1, 0.15) is 37.3 Å². The zero-order valence-electron chi connectivity index (χ0n) is 27.1. The van der Waals surface area contributed by atoms with Crippen molar-refractivity contribution < 1.29 is 39.3 Å². The average Bonchev–Trinajstić information content (AvgIpc) is 3.48. The van der Waals surface area contributed by atoms with E-state index in [1.807, 2.05) is 24.3 Å². The third-order valence-electron chi connectivity index (χ3n) is 7.90. The lowest BCUT2D eigenvalue weighted by molar-refractivity contribution is -0.142. The fourth-order valence-corrected chi connectivity index (χ4v) is 5.37. The summed E-state index contributed by atoms with van der Waals surface area (Å²) in [5.41, 5.74) is 14.1. The van der Waals surface area contributed by atoms with E-state index in [2.05, 4.69) is 38.9 Å². The number of phenols is 1. The van der Waals surface area contributed by atoms with Crippen molar-refractivity contribution >= 4 is 53.1 Å². The van der Waals surface area contributed by atoms with Gasteiger partial charge in [0.05, 0.1) is 12.1 Å². The number of aliphatic hydroxyl groups excluding tert-OH is 1. The SMILES string of the molecule is C[C@@H](O)[C@H](NC(=O)[C@H](CCCCN)NC(=O)[C@@H](Cc1c[nH]c2ccccc12)NC(=O)[C@@H](N)Cc1ccc(O)cc1)C(=O)N[C@@H](CS)C(=O)O. The predicted molar refractivity (Wildman–Crippen MR) is 186 cm³/mol. The Kier molecular flexibility index (Phi) is 14.9. The number of carboxylic acids is 1. The van der Waals surface area contributed by atoms with Crippen LogP contribution in [0.5, 0.6) is 5.75 Å². The van der Waals surface area contributed by atoms with Gasteiger partial charge in [0.1, 0.15) is 29.9 Å². The van der Waals surface area contributed by atoms with E-state index in [9.17, 15) is 39.3 Å². The molecular weight excluding hydrogens is 654 g/mol. The molecular formula is C33H45N7O8S. The van der Waals surface area contributed by atoms with Gasteiger partial charge in [0.25, 0.3) is 0 Å². The van der Waals surface area contributed by atoms with Crippen LogP contribution in [0.25, 0.3) is 10.9 Å². The number of hydrogen-bond acceptors (Lipinski definition) is 10. The van der Waals surface area contributed by atoms with E-state index in [1.165, 1.54) is 19.1 Å². The highest BCUT2D eigenvalue weighted by Gasteiger charge is 2.33. The summed E-state index contributed by atoms with van der Waals surface area (Å²) in [4.78, 5) is 68.2. The molecule has 15 nitrogen and oxygen atoms in total. The number of nitrogens with two attached hydrogens (primary N) is 2. The molecule has 0 aliphatic carbocycles. The van der Waals surface area contributed by atoms with Gasteiger partial charge in [-0.2, -0.15) is 12.6 Å². The first-order valence-electron chi connectivity index (χ1n) is 15.9. The molecule has 6 atom stereocenters. The van der Waals surface area contributed by atoms with Crippen LogP contribution in [0.3, 0.4) is 0 Å². The number of carboxylic acid groups (broad SMARTS) is 1. The van der Waals surface area contributed by atoms with Gasteiger partial charge in [-0.3, -0.25) is 19.2 Å². The minimum absolute atomic E-state index is 0.0314. The van der Waals surface area contributed by atoms with Gasteiger partial charge in [0.2, 0.25) is 23.6 Å². The molecule has 0 radical (unpaired) electrons. The number of hydrogen-bond donors (Lipinski definition) is 11. The van der Waals surface area contributed by atoms with E-state index in [0.717, 1.165) is 16.5 Å². The number of aromatic hydroxyl groups is 1. The minimum atomic E-state index is -1.55. The normalized spacial score (nSPS) is 14.9. The first kappa shape index (κ1) is 38.8. The van der Waals surface area contributed by atoms with Crippen molar-refractivity contribution in [3.05, 3.63) is 65.9 Å². The molecule has 1 aromatic heterocycles. The Morgan fingerprint density at radius 3 is 2.10 bits per heavy atom. The molecule has 12 N–H and O–H groups in total. The Balaban J connectivity index is 1.84. The van der Waals surface area contributed by atoms with Crippen LogP contribution in [0, 0.1) is 0 Å². The monoisotopic (exact) mass is 699 g/mol. The van der Waals surface area contributed by atoms with Crippen LogP contribution in [0.15, 0.2) is 54.7 Å². The molecule has 49 heavy (non-hydrogen) atoms. The molecule has 2 aromatic carbocycles. The van der Waals surface area contributed by atoms with Crippen molar-refractivity contribution in [1.82, 2.24) is 26.3 Å². The number of fused-ring (bicyclic) bond motifs is 1. The number of aromatic amines is 1. The van der Waals surface area contributed by atoms with E-state index >= 15 is 0 Å². The molecule has 1 heterocycles. The quantitative estimate of drug-likeness (QED) is 0.0562. The van der Waals surface area contributed by atoms with Crippen LogP contribution >= 0.6 is 12.6 Å². The average molecular weight is 700 g/mol. The number of phenolic OH excluding ortho intramolecular Hbond substituents is 1. The van der Waals surface area contributed by atoms with Gasteiger partial charge in [0, 0.05) is 29.3 Å². The van der Waals surface area contributed by atoms with Gasteiger partial charge in [-0.1, -0.05) is 30.3 Å². The maximum Gasteiger partial charge on any atom is 0.327 e. The zero-order chi connectivity index (χ0) is 36.1. The molecule has 266 valence electrons. The molecule has 0 bridgehead atoms. The van der Waals surface area contributed by atoms with Crippen LogP contribution in [0.4, 0.5) is 0 Å². The maximum absolute atomic E-state index is 13.9. The van der Waals surface area contributed by atoms with Gasteiger partial charge in [-0.15, -0.1) is 0 Å². The number of para-hydroxylation sites is 1. The molecule has 16 heteroatoms. The molecule has 0 spiro atoms. The molecule has 0 aliphatic heterocycles. The summed E-state index contributed by atoms with van der Waals surface area (Å²) < 4.78 is 0. The lowest BCUT2D eigenvalue weighted by Gasteiger charge is -2.27. The highest BCUT2D eigenvalue weighted by atomic mass is 32.1. The van der Waals surface area contributed by atoms with E-state index in [-0.39, 0.29) is 30.8 Å². The predicted octanol–water partition coefficient (Wildman–Crippen LogP) is -0.551. The summed E-state index contributed by atoms with van der Waals surface area (Å²) >= 11 is 3.92. The molecule has 3 aromatic rings. The van der Waals surface area contributed by atoms with Crippen LogP contribution in [-0.2, 0) is 36.8 Å². The lowest BCUT2D eigenvalue weighted by atomic mass is 10.0. The van der Waals surface area contributed by atoms with Gasteiger partial charge in [-0.05, 0) is 68.5 Å². The number of aliphatic hydroxyl groups is 1. The topological polar surface area (TPSA) is 262 Å². The van der Waals surface area contributed by atoms with Gasteiger partial charge < -0.3 is 53.0 Å². The maximum atomic E-state index is 13.9. The second-order valence-corrected chi connectivity index (χ2v) is 12.1. The molecule has 4 amide bonds. The van der Waals surface area contributed by atoms with E-state index in [1.54, 1.807) is 18.3 Å². The third-order valence-corrected chi connectivity index (χ3v) is 8.27. The Bertz CT molecular complexity index is 1580. The first-order valence-corrected chi connectivity index (χ1v) is 16.5. The number of aliphatic carboxylic acids is 1. The highest BCUT2D eigenvalue weighted by molar-refractivity contribution is 7.80. The number of nitrogens with one attached hydrogen (secondary N) is 5. The molecule has 0 saturated heterocycles. The number of amides is 4. The first-order chi connectivity index (χ1) is 23.3. The van der Waals surface area contributed by atoms with E-state index in [0.29, 0.717) is 24.9 Å². The summed E-state index contributed by atoms with van der Waals surface area (Å²) in [6, 6.07) is 7.22. The molecule has 0 aliphatic rings. The van der Waals surface area contributed by atoms with Crippen molar-refractivity contribution in [3.63, 3.8) is 0 Å². The minimum Gasteiger partial charge on any atom is -0.508 e. The van der Waals surface area contributed by atoms with Crippen LogP contribution in [0.2, 0.25) is 0 Å². The van der Waals surface area contributed by atoms with E-state index < -0.39 is 65.9 Å². The number of carbonyl (C=O) groups is 5. The Hall–Kier alpha value is -4.64.